The monoisotopic (exact) mass is 285 g/mol. The van der Waals surface area contributed by atoms with Gasteiger partial charge in [-0.3, -0.25) is 0 Å². The summed E-state index contributed by atoms with van der Waals surface area (Å²) in [5.41, 5.74) is 0.945. The lowest BCUT2D eigenvalue weighted by Gasteiger charge is -2.13. The molecule has 1 aromatic carbocycles. The highest BCUT2D eigenvalue weighted by molar-refractivity contribution is 9.10. The van der Waals surface area contributed by atoms with Gasteiger partial charge in [-0.15, -0.1) is 0 Å². The molecule has 0 aromatic heterocycles. The minimum atomic E-state index is 0.361. The molecule has 16 heavy (non-hydrogen) atoms. The van der Waals surface area contributed by atoms with Gasteiger partial charge in [-0.1, -0.05) is 42.6 Å². The van der Waals surface area contributed by atoms with Crippen molar-refractivity contribution in [1.82, 2.24) is 5.32 Å². The lowest BCUT2D eigenvalue weighted by Crippen LogP contribution is -2.21. The topological polar surface area (TPSA) is 32.3 Å². The molecule has 0 aliphatic heterocycles. The Morgan fingerprint density at radius 3 is 2.62 bits per heavy atom. The van der Waals surface area contributed by atoms with Gasteiger partial charge in [0.15, 0.2) is 0 Å². The Bertz CT molecular complexity index is 324. The SMILES string of the molecule is CCC(CC)CNCc1cc(Br)ccc1O. The van der Waals surface area contributed by atoms with Crippen LogP contribution in [0.4, 0.5) is 0 Å². The van der Waals surface area contributed by atoms with Crippen molar-refractivity contribution in [3.63, 3.8) is 0 Å². The molecule has 1 rings (SSSR count). The number of phenolic OH excluding ortho intramolecular Hbond substituents is 1. The highest BCUT2D eigenvalue weighted by atomic mass is 79.9. The standard InChI is InChI=1S/C13H20BrNO/c1-3-10(4-2)8-15-9-11-7-12(14)5-6-13(11)16/h5-7,10,15-16H,3-4,8-9H2,1-2H3. The summed E-state index contributed by atoms with van der Waals surface area (Å²) in [6, 6.07) is 5.52. The molecule has 2 nitrogen and oxygen atoms in total. The van der Waals surface area contributed by atoms with Gasteiger partial charge in [0.25, 0.3) is 0 Å². The third-order valence-electron chi connectivity index (χ3n) is 2.94. The molecule has 0 fully saturated rings. The minimum Gasteiger partial charge on any atom is -0.508 e. The summed E-state index contributed by atoms with van der Waals surface area (Å²) in [6.45, 7) is 6.17. The fourth-order valence-electron chi connectivity index (χ4n) is 1.68. The predicted molar refractivity (Wildman–Crippen MR) is 71.6 cm³/mol. The molecule has 1 aromatic rings. The fraction of sp³-hybridized carbons (Fsp3) is 0.538. The molecule has 0 unspecified atom stereocenters. The number of phenols is 1. The number of hydrogen-bond donors (Lipinski definition) is 2. The second-order valence-electron chi connectivity index (χ2n) is 4.09. The van der Waals surface area contributed by atoms with Crippen LogP contribution in [0.25, 0.3) is 0 Å². The van der Waals surface area contributed by atoms with Crippen molar-refractivity contribution in [3.05, 3.63) is 28.2 Å². The average molecular weight is 286 g/mol. The minimum absolute atomic E-state index is 0.361. The Morgan fingerprint density at radius 2 is 2.00 bits per heavy atom. The Labute approximate surface area is 106 Å². The number of hydrogen-bond acceptors (Lipinski definition) is 2. The highest BCUT2D eigenvalue weighted by Gasteiger charge is 2.04. The van der Waals surface area contributed by atoms with E-state index in [0.29, 0.717) is 5.75 Å². The largest absolute Gasteiger partial charge is 0.508 e. The van der Waals surface area contributed by atoms with Crippen LogP contribution in [-0.4, -0.2) is 11.7 Å². The lowest BCUT2D eigenvalue weighted by molar-refractivity contribution is 0.437. The maximum absolute atomic E-state index is 9.65. The molecular weight excluding hydrogens is 266 g/mol. The predicted octanol–water partition coefficient (Wildman–Crippen LogP) is 3.68. The molecule has 2 N–H and O–H groups in total. The van der Waals surface area contributed by atoms with E-state index in [4.69, 9.17) is 0 Å². The first-order valence-electron chi connectivity index (χ1n) is 5.85. The van der Waals surface area contributed by atoms with Crippen LogP contribution < -0.4 is 5.32 Å². The van der Waals surface area contributed by atoms with Gasteiger partial charge in [-0.05, 0) is 30.7 Å². The smallest absolute Gasteiger partial charge is 0.120 e. The fourth-order valence-corrected chi connectivity index (χ4v) is 2.09. The van der Waals surface area contributed by atoms with Crippen LogP contribution in [-0.2, 0) is 6.54 Å². The van der Waals surface area contributed by atoms with Gasteiger partial charge in [0, 0.05) is 16.6 Å². The van der Waals surface area contributed by atoms with Crippen molar-refractivity contribution in [3.8, 4) is 5.75 Å². The Balaban J connectivity index is 2.45. The molecule has 0 spiro atoms. The lowest BCUT2D eigenvalue weighted by atomic mass is 10.0. The molecule has 0 aliphatic rings. The summed E-state index contributed by atoms with van der Waals surface area (Å²) in [5, 5.41) is 13.0. The van der Waals surface area contributed by atoms with E-state index in [0.717, 1.165) is 29.0 Å². The summed E-state index contributed by atoms with van der Waals surface area (Å²) < 4.78 is 1.00. The summed E-state index contributed by atoms with van der Waals surface area (Å²) >= 11 is 3.41. The van der Waals surface area contributed by atoms with Crippen LogP contribution in [0.15, 0.2) is 22.7 Å². The van der Waals surface area contributed by atoms with E-state index in [1.165, 1.54) is 12.8 Å². The van der Waals surface area contributed by atoms with Crippen LogP contribution >= 0.6 is 15.9 Å². The first-order valence-corrected chi connectivity index (χ1v) is 6.64. The Hall–Kier alpha value is -0.540. The van der Waals surface area contributed by atoms with Gasteiger partial charge in [0.1, 0.15) is 5.75 Å². The molecule has 0 saturated heterocycles. The summed E-state index contributed by atoms with van der Waals surface area (Å²) in [6.07, 6.45) is 2.40. The van der Waals surface area contributed by atoms with Crippen molar-refractivity contribution in [1.29, 1.82) is 0 Å². The quantitative estimate of drug-likeness (QED) is 0.836. The Morgan fingerprint density at radius 1 is 1.31 bits per heavy atom. The van der Waals surface area contributed by atoms with Crippen LogP contribution in [0.5, 0.6) is 5.75 Å². The molecule has 0 amide bonds. The van der Waals surface area contributed by atoms with E-state index in [1.54, 1.807) is 6.07 Å². The van der Waals surface area contributed by atoms with Crippen molar-refractivity contribution in [2.75, 3.05) is 6.54 Å². The summed E-state index contributed by atoms with van der Waals surface area (Å²) in [4.78, 5) is 0. The first kappa shape index (κ1) is 13.5. The second kappa shape index (κ2) is 6.92. The zero-order valence-corrected chi connectivity index (χ0v) is 11.5. The van der Waals surface area contributed by atoms with Crippen LogP contribution in [0.3, 0.4) is 0 Å². The molecule has 0 heterocycles. The number of benzene rings is 1. The molecule has 0 saturated carbocycles. The number of halogens is 1. The van der Waals surface area contributed by atoms with Gasteiger partial charge >= 0.3 is 0 Å². The van der Waals surface area contributed by atoms with Crippen molar-refractivity contribution >= 4 is 15.9 Å². The van der Waals surface area contributed by atoms with Gasteiger partial charge in [-0.2, -0.15) is 0 Å². The second-order valence-corrected chi connectivity index (χ2v) is 5.00. The van der Waals surface area contributed by atoms with E-state index >= 15 is 0 Å². The molecule has 3 heteroatoms. The normalized spacial score (nSPS) is 11.0. The van der Waals surface area contributed by atoms with E-state index in [9.17, 15) is 5.11 Å². The van der Waals surface area contributed by atoms with E-state index in [2.05, 4.69) is 35.1 Å². The number of rotatable bonds is 6. The molecule has 0 aliphatic carbocycles. The molecule has 0 atom stereocenters. The van der Waals surface area contributed by atoms with E-state index < -0.39 is 0 Å². The summed E-state index contributed by atoms with van der Waals surface area (Å²) in [5.74, 6) is 1.09. The average Bonchev–Trinajstić information content (AvgIpc) is 2.29. The number of nitrogens with one attached hydrogen (secondary N) is 1. The zero-order valence-electron chi connectivity index (χ0n) is 9.96. The van der Waals surface area contributed by atoms with Crippen LogP contribution in [0.2, 0.25) is 0 Å². The number of aromatic hydroxyl groups is 1. The van der Waals surface area contributed by atoms with Gasteiger partial charge in [0.2, 0.25) is 0 Å². The molecular formula is C13H20BrNO. The maximum atomic E-state index is 9.65. The van der Waals surface area contributed by atoms with Crippen molar-refractivity contribution < 1.29 is 5.11 Å². The highest BCUT2D eigenvalue weighted by Crippen LogP contribution is 2.21. The molecule has 90 valence electrons. The van der Waals surface area contributed by atoms with Gasteiger partial charge < -0.3 is 10.4 Å². The van der Waals surface area contributed by atoms with Crippen LogP contribution in [0, 0.1) is 5.92 Å². The molecule has 0 radical (unpaired) electrons. The maximum Gasteiger partial charge on any atom is 0.120 e. The molecule has 0 bridgehead atoms. The van der Waals surface area contributed by atoms with E-state index in [-0.39, 0.29) is 0 Å². The first-order chi connectivity index (χ1) is 7.67. The van der Waals surface area contributed by atoms with Crippen molar-refractivity contribution in [2.45, 2.75) is 33.2 Å². The summed E-state index contributed by atoms with van der Waals surface area (Å²) in [7, 11) is 0. The zero-order chi connectivity index (χ0) is 12.0. The Kier molecular flexibility index (Phi) is 5.85. The van der Waals surface area contributed by atoms with Gasteiger partial charge in [0.05, 0.1) is 0 Å². The van der Waals surface area contributed by atoms with Crippen LogP contribution in [0.1, 0.15) is 32.3 Å². The third kappa shape index (κ3) is 4.14. The van der Waals surface area contributed by atoms with Gasteiger partial charge in [-0.25, -0.2) is 0 Å². The van der Waals surface area contributed by atoms with Crippen molar-refractivity contribution in [2.24, 2.45) is 5.92 Å². The van der Waals surface area contributed by atoms with E-state index in [1.807, 2.05) is 12.1 Å². The third-order valence-corrected chi connectivity index (χ3v) is 3.44.